The van der Waals surface area contributed by atoms with Gasteiger partial charge in [0, 0.05) is 0 Å². The SMILES string of the molecule is NS(=O)(=O)c1ccc(OCc2ccc(F)c(Br)c2)c(Br)c1. The summed E-state index contributed by atoms with van der Waals surface area (Å²) in [7, 11) is -3.75. The maximum absolute atomic E-state index is 13.1. The van der Waals surface area contributed by atoms with Crippen LogP contribution in [-0.4, -0.2) is 8.42 Å². The van der Waals surface area contributed by atoms with Gasteiger partial charge in [-0.1, -0.05) is 6.07 Å². The van der Waals surface area contributed by atoms with E-state index in [1.807, 2.05) is 0 Å². The van der Waals surface area contributed by atoms with E-state index in [9.17, 15) is 12.8 Å². The second kappa shape index (κ2) is 6.43. The van der Waals surface area contributed by atoms with Gasteiger partial charge in [0.2, 0.25) is 10.0 Å². The van der Waals surface area contributed by atoms with Gasteiger partial charge in [0.25, 0.3) is 0 Å². The van der Waals surface area contributed by atoms with Crippen molar-refractivity contribution in [3.63, 3.8) is 0 Å². The third kappa shape index (κ3) is 4.26. The number of ether oxygens (including phenoxy) is 1. The molecule has 0 aromatic heterocycles. The lowest BCUT2D eigenvalue weighted by Crippen LogP contribution is -2.12. The zero-order valence-corrected chi connectivity index (χ0v) is 14.5. The van der Waals surface area contributed by atoms with Gasteiger partial charge in [-0.05, 0) is 67.8 Å². The fourth-order valence-corrected chi connectivity index (χ4v) is 3.18. The summed E-state index contributed by atoms with van der Waals surface area (Å²) in [5.41, 5.74) is 0.769. The quantitative estimate of drug-likeness (QED) is 0.793. The van der Waals surface area contributed by atoms with E-state index in [0.717, 1.165) is 5.56 Å². The first-order chi connectivity index (χ1) is 9.77. The fraction of sp³-hybridized carbons (Fsp3) is 0.0769. The summed E-state index contributed by atoms with van der Waals surface area (Å²) in [6.45, 7) is 0.214. The second-order valence-electron chi connectivity index (χ2n) is 4.17. The van der Waals surface area contributed by atoms with Crippen molar-refractivity contribution in [2.24, 2.45) is 5.14 Å². The lowest BCUT2D eigenvalue weighted by Gasteiger charge is -2.10. The molecule has 0 amide bonds. The molecule has 0 aliphatic carbocycles. The monoisotopic (exact) mass is 437 g/mol. The summed E-state index contributed by atoms with van der Waals surface area (Å²) in [5.74, 6) is 0.111. The molecule has 0 aliphatic rings. The number of primary sulfonamides is 1. The van der Waals surface area contributed by atoms with E-state index in [4.69, 9.17) is 9.88 Å². The van der Waals surface area contributed by atoms with Gasteiger partial charge in [0.05, 0.1) is 13.8 Å². The molecule has 0 heterocycles. The van der Waals surface area contributed by atoms with Crippen molar-refractivity contribution in [3.05, 3.63) is 56.7 Å². The summed E-state index contributed by atoms with van der Waals surface area (Å²) in [6, 6.07) is 8.78. The van der Waals surface area contributed by atoms with Gasteiger partial charge in [-0.25, -0.2) is 17.9 Å². The van der Waals surface area contributed by atoms with E-state index in [1.54, 1.807) is 12.1 Å². The van der Waals surface area contributed by atoms with E-state index in [1.165, 1.54) is 24.3 Å². The number of hydrogen-bond donors (Lipinski definition) is 1. The van der Waals surface area contributed by atoms with Crippen molar-refractivity contribution in [2.45, 2.75) is 11.5 Å². The van der Waals surface area contributed by atoms with Crippen LogP contribution in [0, 0.1) is 5.82 Å². The van der Waals surface area contributed by atoms with Crippen LogP contribution in [0.2, 0.25) is 0 Å². The Kier molecular flexibility index (Phi) is 5.03. The minimum absolute atomic E-state index is 0.00810. The highest BCUT2D eigenvalue weighted by Crippen LogP contribution is 2.28. The number of halogens is 3. The fourth-order valence-electron chi connectivity index (χ4n) is 1.57. The first-order valence-electron chi connectivity index (χ1n) is 5.66. The van der Waals surface area contributed by atoms with Crippen molar-refractivity contribution in [2.75, 3.05) is 0 Å². The molecule has 0 aliphatic heterocycles. The summed E-state index contributed by atoms with van der Waals surface area (Å²) in [6.07, 6.45) is 0. The first kappa shape index (κ1) is 16.4. The molecule has 4 nitrogen and oxygen atoms in total. The van der Waals surface area contributed by atoms with Gasteiger partial charge in [-0.2, -0.15) is 0 Å². The van der Waals surface area contributed by atoms with E-state index in [2.05, 4.69) is 31.9 Å². The molecule has 2 aromatic carbocycles. The van der Waals surface area contributed by atoms with Gasteiger partial charge in [0.1, 0.15) is 18.2 Å². The van der Waals surface area contributed by atoms with Crippen LogP contribution in [-0.2, 0) is 16.6 Å². The minimum atomic E-state index is -3.75. The molecule has 2 N–H and O–H groups in total. The summed E-state index contributed by atoms with van der Waals surface area (Å²) in [4.78, 5) is -0.00810. The molecule has 2 aromatic rings. The third-order valence-electron chi connectivity index (χ3n) is 2.61. The smallest absolute Gasteiger partial charge is 0.238 e. The van der Waals surface area contributed by atoms with Gasteiger partial charge in [-0.3, -0.25) is 0 Å². The van der Waals surface area contributed by atoms with Crippen LogP contribution in [0.3, 0.4) is 0 Å². The minimum Gasteiger partial charge on any atom is -0.488 e. The van der Waals surface area contributed by atoms with Crippen LogP contribution in [0.5, 0.6) is 5.75 Å². The van der Waals surface area contributed by atoms with Crippen LogP contribution in [0.25, 0.3) is 0 Å². The highest BCUT2D eigenvalue weighted by molar-refractivity contribution is 9.10. The Morgan fingerprint density at radius 3 is 2.38 bits per heavy atom. The molecular formula is C13H10Br2FNO3S. The normalized spacial score (nSPS) is 11.4. The molecular weight excluding hydrogens is 429 g/mol. The Labute approximate surface area is 138 Å². The Morgan fingerprint density at radius 2 is 1.81 bits per heavy atom. The van der Waals surface area contributed by atoms with E-state index in [-0.39, 0.29) is 17.3 Å². The molecule has 0 atom stereocenters. The predicted octanol–water partition coefficient (Wildman–Crippen LogP) is 3.58. The Morgan fingerprint density at radius 1 is 1.10 bits per heavy atom. The zero-order valence-electron chi connectivity index (χ0n) is 10.5. The van der Waals surface area contributed by atoms with Gasteiger partial charge < -0.3 is 4.74 Å². The van der Waals surface area contributed by atoms with E-state index in [0.29, 0.717) is 14.7 Å². The Hall–Kier alpha value is -0.960. The zero-order chi connectivity index (χ0) is 15.6. The molecule has 0 saturated carbocycles. The first-order valence-corrected chi connectivity index (χ1v) is 8.79. The average molecular weight is 439 g/mol. The van der Waals surface area contributed by atoms with Gasteiger partial charge >= 0.3 is 0 Å². The highest BCUT2D eigenvalue weighted by atomic mass is 79.9. The van der Waals surface area contributed by atoms with Gasteiger partial charge in [0.15, 0.2) is 0 Å². The van der Waals surface area contributed by atoms with Crippen molar-refractivity contribution in [1.29, 1.82) is 0 Å². The highest BCUT2D eigenvalue weighted by Gasteiger charge is 2.11. The molecule has 0 fully saturated rings. The van der Waals surface area contributed by atoms with Crippen molar-refractivity contribution < 1.29 is 17.5 Å². The standard InChI is InChI=1S/C13H10Br2FNO3S/c14-10-5-8(1-3-12(10)16)7-20-13-4-2-9(6-11(13)15)21(17,18)19/h1-6H,7H2,(H2,17,18,19). The number of hydrogen-bond acceptors (Lipinski definition) is 3. The maximum Gasteiger partial charge on any atom is 0.238 e. The average Bonchev–Trinajstić information content (AvgIpc) is 2.40. The lowest BCUT2D eigenvalue weighted by atomic mass is 10.2. The van der Waals surface area contributed by atoms with E-state index < -0.39 is 10.0 Å². The van der Waals surface area contributed by atoms with Gasteiger partial charge in [-0.15, -0.1) is 0 Å². The van der Waals surface area contributed by atoms with Crippen LogP contribution < -0.4 is 9.88 Å². The molecule has 0 spiro atoms. The second-order valence-corrected chi connectivity index (χ2v) is 7.44. The van der Waals surface area contributed by atoms with E-state index >= 15 is 0 Å². The molecule has 2 rings (SSSR count). The number of benzene rings is 2. The third-order valence-corrected chi connectivity index (χ3v) is 4.75. The lowest BCUT2D eigenvalue weighted by molar-refractivity contribution is 0.304. The Balaban J connectivity index is 2.15. The maximum atomic E-state index is 13.1. The molecule has 21 heavy (non-hydrogen) atoms. The number of sulfonamides is 1. The topological polar surface area (TPSA) is 69.4 Å². The summed E-state index contributed by atoms with van der Waals surface area (Å²) < 4.78 is 41.9. The molecule has 0 saturated heterocycles. The predicted molar refractivity (Wildman–Crippen MR) is 83.9 cm³/mol. The molecule has 0 bridgehead atoms. The van der Waals surface area contributed by atoms with Crippen molar-refractivity contribution >= 4 is 41.9 Å². The van der Waals surface area contributed by atoms with Crippen molar-refractivity contribution in [1.82, 2.24) is 0 Å². The van der Waals surface area contributed by atoms with Crippen LogP contribution in [0.15, 0.2) is 50.2 Å². The van der Waals surface area contributed by atoms with Crippen LogP contribution in [0.4, 0.5) is 4.39 Å². The van der Waals surface area contributed by atoms with Crippen molar-refractivity contribution in [3.8, 4) is 5.75 Å². The summed E-state index contributed by atoms with van der Waals surface area (Å²) in [5, 5.41) is 5.04. The largest absolute Gasteiger partial charge is 0.488 e. The molecule has 0 radical (unpaired) electrons. The van der Waals surface area contributed by atoms with Crippen LogP contribution in [0.1, 0.15) is 5.56 Å². The molecule has 112 valence electrons. The molecule has 0 unspecified atom stereocenters. The Bertz CT molecular complexity index is 781. The number of rotatable bonds is 4. The molecule has 8 heteroatoms. The number of nitrogens with two attached hydrogens (primary N) is 1. The summed E-state index contributed by atoms with van der Waals surface area (Å²) >= 11 is 6.32. The van der Waals surface area contributed by atoms with Crippen LogP contribution >= 0.6 is 31.9 Å².